The van der Waals surface area contributed by atoms with Gasteiger partial charge in [0.2, 0.25) is 0 Å². The number of hydrogen-bond donors (Lipinski definition) is 2. The van der Waals surface area contributed by atoms with Gasteiger partial charge in [0.1, 0.15) is 0 Å². The fourth-order valence-electron chi connectivity index (χ4n) is 0.469. The third kappa shape index (κ3) is 5.75. The van der Waals surface area contributed by atoms with Crippen LogP contribution in [0.3, 0.4) is 0 Å². The van der Waals surface area contributed by atoms with Gasteiger partial charge in [0.25, 0.3) is 0 Å². The second kappa shape index (κ2) is 6.74. The summed E-state index contributed by atoms with van der Waals surface area (Å²) in [4.78, 5) is 10.5. The lowest BCUT2D eigenvalue weighted by atomic mass is 10.7. The zero-order valence-electron chi connectivity index (χ0n) is 6.44. The molecule has 0 aliphatic rings. The maximum absolute atomic E-state index is 10.5. The topological polar surface area (TPSA) is 41.1 Å². The summed E-state index contributed by atoms with van der Waals surface area (Å²) in [5.41, 5.74) is 0. The van der Waals surface area contributed by atoms with E-state index in [1.54, 1.807) is 7.05 Å². The van der Waals surface area contributed by atoms with Crippen LogP contribution in [0.1, 0.15) is 6.92 Å². The van der Waals surface area contributed by atoms with Crippen molar-refractivity contribution < 1.29 is 4.79 Å². The Labute approximate surface area is 65.9 Å². The highest BCUT2D eigenvalue weighted by atomic mass is 32.2. The first-order chi connectivity index (χ1) is 4.81. The van der Waals surface area contributed by atoms with Crippen LogP contribution in [-0.2, 0) is 0 Å². The molecule has 0 unspecified atom stereocenters. The predicted molar refractivity (Wildman–Crippen MR) is 45.5 cm³/mol. The van der Waals surface area contributed by atoms with Crippen LogP contribution in [0, 0.1) is 0 Å². The van der Waals surface area contributed by atoms with Crippen LogP contribution in [0.5, 0.6) is 0 Å². The van der Waals surface area contributed by atoms with Crippen LogP contribution in [0.25, 0.3) is 0 Å². The molecule has 4 heteroatoms. The molecule has 0 aliphatic carbocycles. The third-order valence-electron chi connectivity index (χ3n) is 0.963. The molecule has 0 aromatic rings. The van der Waals surface area contributed by atoms with Crippen molar-refractivity contribution in [2.24, 2.45) is 0 Å². The molecule has 0 fully saturated rings. The molecule has 0 heterocycles. The fraction of sp³-hybridized carbons (Fsp3) is 0.833. The first kappa shape index (κ1) is 9.62. The number of thioether (sulfide) groups is 1. The van der Waals surface area contributed by atoms with Gasteiger partial charge in [-0.15, -0.1) is 0 Å². The van der Waals surface area contributed by atoms with E-state index in [9.17, 15) is 4.79 Å². The molecule has 2 amide bonds. The normalized spacial score (nSPS) is 9.00. The molecule has 0 saturated carbocycles. The van der Waals surface area contributed by atoms with E-state index in [0.29, 0.717) is 0 Å². The lowest BCUT2D eigenvalue weighted by molar-refractivity contribution is 0.243. The van der Waals surface area contributed by atoms with Crippen molar-refractivity contribution in [3.05, 3.63) is 0 Å². The monoisotopic (exact) mass is 162 g/mol. The summed E-state index contributed by atoms with van der Waals surface area (Å²) in [6, 6.07) is -0.100. The van der Waals surface area contributed by atoms with E-state index in [2.05, 4.69) is 17.6 Å². The zero-order valence-corrected chi connectivity index (χ0v) is 7.25. The minimum atomic E-state index is -0.100. The fourth-order valence-corrected chi connectivity index (χ4v) is 1.00. The summed E-state index contributed by atoms with van der Waals surface area (Å²) in [5.74, 6) is 2.10. The van der Waals surface area contributed by atoms with E-state index in [1.807, 2.05) is 11.8 Å². The van der Waals surface area contributed by atoms with E-state index >= 15 is 0 Å². The number of rotatable bonds is 4. The smallest absolute Gasteiger partial charge is 0.314 e. The van der Waals surface area contributed by atoms with Crippen molar-refractivity contribution >= 4 is 17.8 Å². The summed E-state index contributed by atoms with van der Waals surface area (Å²) in [5, 5.41) is 5.18. The van der Waals surface area contributed by atoms with E-state index in [4.69, 9.17) is 0 Å². The SMILES string of the molecule is CCSCCNC(=O)NC. The van der Waals surface area contributed by atoms with Crippen LogP contribution in [-0.4, -0.2) is 31.1 Å². The average molecular weight is 162 g/mol. The Morgan fingerprint density at radius 3 is 2.80 bits per heavy atom. The molecule has 0 rings (SSSR count). The number of amides is 2. The van der Waals surface area contributed by atoms with Gasteiger partial charge in [0.05, 0.1) is 0 Å². The van der Waals surface area contributed by atoms with Gasteiger partial charge >= 0.3 is 6.03 Å². The van der Waals surface area contributed by atoms with Gasteiger partial charge < -0.3 is 10.6 Å². The number of carbonyl (C=O) groups is 1. The molecular formula is C6H14N2OS. The average Bonchev–Trinajstić information content (AvgIpc) is 1.98. The Hall–Kier alpha value is -0.380. The maximum atomic E-state index is 10.5. The van der Waals surface area contributed by atoms with Crippen molar-refractivity contribution in [3.8, 4) is 0 Å². The van der Waals surface area contributed by atoms with Crippen molar-refractivity contribution in [2.75, 3.05) is 25.1 Å². The first-order valence-corrected chi connectivity index (χ1v) is 4.50. The van der Waals surface area contributed by atoms with E-state index in [0.717, 1.165) is 18.1 Å². The van der Waals surface area contributed by atoms with Crippen LogP contribution in [0.4, 0.5) is 4.79 Å². The Balaban J connectivity index is 2.96. The van der Waals surface area contributed by atoms with Gasteiger partial charge in [-0.3, -0.25) is 0 Å². The highest BCUT2D eigenvalue weighted by Crippen LogP contribution is 1.94. The summed E-state index contributed by atoms with van der Waals surface area (Å²) in [7, 11) is 1.61. The highest BCUT2D eigenvalue weighted by molar-refractivity contribution is 7.99. The Morgan fingerprint density at radius 1 is 1.60 bits per heavy atom. The Bertz CT molecular complexity index is 97.7. The van der Waals surface area contributed by atoms with Gasteiger partial charge in [0.15, 0.2) is 0 Å². The van der Waals surface area contributed by atoms with E-state index in [1.165, 1.54) is 0 Å². The molecule has 2 N–H and O–H groups in total. The predicted octanol–water partition coefficient (Wildman–Crippen LogP) is 0.668. The standard InChI is InChI=1S/C6H14N2OS/c1-3-10-5-4-8-6(9)7-2/h3-5H2,1-2H3,(H2,7,8,9). The number of hydrogen-bond acceptors (Lipinski definition) is 2. The van der Waals surface area contributed by atoms with Crippen LogP contribution in [0.2, 0.25) is 0 Å². The number of carbonyl (C=O) groups excluding carboxylic acids is 1. The molecule has 0 aromatic carbocycles. The van der Waals surface area contributed by atoms with Gasteiger partial charge in [-0.05, 0) is 5.75 Å². The molecular weight excluding hydrogens is 148 g/mol. The quantitative estimate of drug-likeness (QED) is 0.596. The summed E-state index contributed by atoms with van der Waals surface area (Å²) < 4.78 is 0. The summed E-state index contributed by atoms with van der Waals surface area (Å²) >= 11 is 1.82. The van der Waals surface area contributed by atoms with Gasteiger partial charge in [0, 0.05) is 19.3 Å². The minimum absolute atomic E-state index is 0.100. The van der Waals surface area contributed by atoms with Crippen molar-refractivity contribution in [1.29, 1.82) is 0 Å². The molecule has 0 spiro atoms. The summed E-state index contributed by atoms with van der Waals surface area (Å²) in [6.45, 7) is 2.85. The lowest BCUT2D eigenvalue weighted by Gasteiger charge is -2.01. The molecule has 60 valence electrons. The molecule has 3 nitrogen and oxygen atoms in total. The van der Waals surface area contributed by atoms with Gasteiger partial charge in [-0.1, -0.05) is 6.92 Å². The largest absolute Gasteiger partial charge is 0.341 e. The van der Waals surface area contributed by atoms with Crippen molar-refractivity contribution in [1.82, 2.24) is 10.6 Å². The number of urea groups is 1. The second-order valence-corrected chi connectivity index (χ2v) is 3.10. The summed E-state index contributed by atoms with van der Waals surface area (Å²) in [6.07, 6.45) is 0. The van der Waals surface area contributed by atoms with Crippen LogP contribution >= 0.6 is 11.8 Å². The molecule has 0 atom stereocenters. The van der Waals surface area contributed by atoms with Gasteiger partial charge in [-0.2, -0.15) is 11.8 Å². The Kier molecular flexibility index (Phi) is 6.48. The van der Waals surface area contributed by atoms with E-state index < -0.39 is 0 Å². The van der Waals surface area contributed by atoms with E-state index in [-0.39, 0.29) is 6.03 Å². The molecule has 0 bridgehead atoms. The highest BCUT2D eigenvalue weighted by Gasteiger charge is 1.92. The molecule has 0 radical (unpaired) electrons. The third-order valence-corrected chi connectivity index (χ3v) is 1.86. The van der Waals surface area contributed by atoms with Gasteiger partial charge in [-0.25, -0.2) is 4.79 Å². The molecule has 0 saturated heterocycles. The van der Waals surface area contributed by atoms with Crippen molar-refractivity contribution in [3.63, 3.8) is 0 Å². The molecule has 0 aromatic heterocycles. The maximum Gasteiger partial charge on any atom is 0.314 e. The second-order valence-electron chi connectivity index (χ2n) is 1.70. The number of nitrogens with one attached hydrogen (secondary N) is 2. The molecule has 0 aliphatic heterocycles. The van der Waals surface area contributed by atoms with Crippen molar-refractivity contribution in [2.45, 2.75) is 6.92 Å². The zero-order chi connectivity index (χ0) is 7.82. The minimum Gasteiger partial charge on any atom is -0.341 e. The lowest BCUT2D eigenvalue weighted by Crippen LogP contribution is -2.34. The Morgan fingerprint density at radius 2 is 2.30 bits per heavy atom. The van der Waals surface area contributed by atoms with Crippen LogP contribution in [0.15, 0.2) is 0 Å². The molecule has 10 heavy (non-hydrogen) atoms. The van der Waals surface area contributed by atoms with Crippen LogP contribution < -0.4 is 10.6 Å². The first-order valence-electron chi connectivity index (χ1n) is 3.34.